The molecule has 1 fully saturated rings. The molecule has 2 atom stereocenters. The van der Waals surface area contributed by atoms with Gasteiger partial charge in [0.1, 0.15) is 12.4 Å². The van der Waals surface area contributed by atoms with Crippen LogP contribution in [-0.4, -0.2) is 39.9 Å². The number of aromatic nitrogens is 1. The summed E-state index contributed by atoms with van der Waals surface area (Å²) < 4.78 is 6.02. The maximum absolute atomic E-state index is 12.3. The molecule has 174 valence electrons. The number of aryl methyl sites for hydroxylation is 1. The second kappa shape index (κ2) is 8.11. The molecule has 0 spiro atoms. The van der Waals surface area contributed by atoms with Crippen molar-refractivity contribution in [3.8, 4) is 5.75 Å². The number of imide groups is 1. The van der Waals surface area contributed by atoms with Crippen LogP contribution in [0.5, 0.6) is 5.75 Å². The normalized spacial score (nSPS) is 23.9. The van der Waals surface area contributed by atoms with E-state index in [9.17, 15) is 14.7 Å². The zero-order valence-electron chi connectivity index (χ0n) is 18.8. The Balaban J connectivity index is 1.32. The van der Waals surface area contributed by atoms with Crippen LogP contribution in [0, 0.1) is 6.92 Å². The number of urea groups is 1. The van der Waals surface area contributed by atoms with Crippen molar-refractivity contribution in [2.75, 3.05) is 6.61 Å². The van der Waals surface area contributed by atoms with Gasteiger partial charge in [0.25, 0.3) is 5.91 Å². The number of amides is 3. The van der Waals surface area contributed by atoms with E-state index >= 15 is 0 Å². The molecule has 3 N–H and O–H groups in total. The van der Waals surface area contributed by atoms with Gasteiger partial charge in [-0.3, -0.25) is 15.1 Å². The summed E-state index contributed by atoms with van der Waals surface area (Å²) in [6, 6.07) is 16.6. The van der Waals surface area contributed by atoms with Crippen LogP contribution in [0.4, 0.5) is 4.79 Å². The zero-order valence-corrected chi connectivity index (χ0v) is 18.8. The van der Waals surface area contributed by atoms with Crippen LogP contribution in [0.1, 0.15) is 30.2 Å². The third-order valence-corrected chi connectivity index (χ3v) is 6.37. The fraction of sp³-hybridized carbons (Fsp3) is 0.280. The minimum atomic E-state index is -1.32. The maximum atomic E-state index is 12.3. The first-order valence-electron chi connectivity index (χ1n) is 10.9. The number of hydrogen-bond donors (Lipinski definition) is 3. The third-order valence-electron chi connectivity index (χ3n) is 6.37. The number of pyridine rings is 1. The molecule has 2 aromatic carbocycles. The third kappa shape index (κ3) is 3.63. The molecule has 1 aromatic heterocycles. The van der Waals surface area contributed by atoms with Gasteiger partial charge < -0.3 is 20.0 Å². The standard InChI is InChI=1S/C25H24N4O5/c1-15-11-16(19-5-3-4-6-20(19)26-15)13-33-18-9-7-17(8-10-18)25(14-30)12-21(29-34-25)24(2)22(31)27-23(32)28-24/h3-11,30H,12-14H2,1-2H3,(H2,27,28,31,32). The molecule has 1 saturated heterocycles. The SMILES string of the molecule is Cc1cc(COc2ccc(C3(CO)CC(C4(C)NC(=O)NC4=O)=NO3)cc2)c2ccccc2n1. The van der Waals surface area contributed by atoms with Crippen molar-refractivity contribution in [2.24, 2.45) is 5.16 Å². The number of rotatable bonds is 6. The molecule has 0 aliphatic carbocycles. The smallest absolute Gasteiger partial charge is 0.322 e. The van der Waals surface area contributed by atoms with Crippen LogP contribution in [0.2, 0.25) is 0 Å². The average Bonchev–Trinajstić information content (AvgIpc) is 3.39. The summed E-state index contributed by atoms with van der Waals surface area (Å²) >= 11 is 0. The topological polar surface area (TPSA) is 122 Å². The summed E-state index contributed by atoms with van der Waals surface area (Å²) in [5, 5.41) is 20.0. The number of ether oxygens (including phenoxy) is 1. The van der Waals surface area contributed by atoms with E-state index < -0.39 is 23.1 Å². The number of para-hydroxylation sites is 1. The molecular formula is C25H24N4O5. The molecule has 3 heterocycles. The minimum Gasteiger partial charge on any atom is -0.489 e. The number of hydrogen-bond acceptors (Lipinski definition) is 7. The van der Waals surface area contributed by atoms with Gasteiger partial charge in [0.2, 0.25) is 0 Å². The zero-order chi connectivity index (χ0) is 23.9. The van der Waals surface area contributed by atoms with E-state index in [1.165, 1.54) is 0 Å². The van der Waals surface area contributed by atoms with Crippen molar-refractivity contribution in [3.63, 3.8) is 0 Å². The average molecular weight is 460 g/mol. The lowest BCUT2D eigenvalue weighted by atomic mass is 9.83. The molecule has 2 aliphatic heterocycles. The minimum absolute atomic E-state index is 0.149. The van der Waals surface area contributed by atoms with E-state index in [1.807, 2.05) is 37.3 Å². The Kier molecular flexibility index (Phi) is 5.21. The molecule has 2 aliphatic rings. The number of nitrogens with one attached hydrogen (secondary N) is 2. The number of nitrogens with zero attached hydrogens (tertiary/aromatic N) is 2. The Morgan fingerprint density at radius 3 is 2.62 bits per heavy atom. The van der Waals surface area contributed by atoms with Crippen LogP contribution in [0.25, 0.3) is 10.9 Å². The first-order chi connectivity index (χ1) is 16.3. The number of oxime groups is 1. The van der Waals surface area contributed by atoms with Crippen LogP contribution in [0.3, 0.4) is 0 Å². The first-order valence-corrected chi connectivity index (χ1v) is 10.9. The molecule has 9 heteroatoms. The van der Waals surface area contributed by atoms with Gasteiger partial charge in [-0.2, -0.15) is 0 Å². The Morgan fingerprint density at radius 2 is 1.91 bits per heavy atom. The van der Waals surface area contributed by atoms with Crippen molar-refractivity contribution in [2.45, 2.75) is 38.0 Å². The van der Waals surface area contributed by atoms with Crippen LogP contribution < -0.4 is 15.4 Å². The van der Waals surface area contributed by atoms with Gasteiger partial charge in [0.05, 0.1) is 17.8 Å². The van der Waals surface area contributed by atoms with Crippen molar-refractivity contribution < 1.29 is 24.3 Å². The van der Waals surface area contributed by atoms with Gasteiger partial charge in [-0.1, -0.05) is 35.5 Å². The van der Waals surface area contributed by atoms with Crippen molar-refractivity contribution in [1.29, 1.82) is 0 Å². The molecule has 3 amide bonds. The Bertz CT molecular complexity index is 1320. The number of benzene rings is 2. The van der Waals surface area contributed by atoms with Gasteiger partial charge in [-0.25, -0.2) is 4.79 Å². The van der Waals surface area contributed by atoms with Crippen LogP contribution in [0.15, 0.2) is 59.8 Å². The quantitative estimate of drug-likeness (QED) is 0.486. The number of aliphatic hydroxyl groups is 1. The highest BCUT2D eigenvalue weighted by atomic mass is 16.7. The first kappa shape index (κ1) is 21.8. The summed E-state index contributed by atoms with van der Waals surface area (Å²) in [4.78, 5) is 34.1. The van der Waals surface area contributed by atoms with Gasteiger partial charge in [0.15, 0.2) is 11.1 Å². The highest BCUT2D eigenvalue weighted by Gasteiger charge is 2.53. The van der Waals surface area contributed by atoms with Crippen molar-refractivity contribution >= 4 is 28.6 Å². The Hall–Kier alpha value is -3.98. The van der Waals surface area contributed by atoms with E-state index in [1.54, 1.807) is 31.2 Å². The number of fused-ring (bicyclic) bond motifs is 1. The van der Waals surface area contributed by atoms with Crippen LogP contribution >= 0.6 is 0 Å². The fourth-order valence-corrected chi connectivity index (χ4v) is 4.35. The Morgan fingerprint density at radius 1 is 1.15 bits per heavy atom. The molecule has 2 unspecified atom stereocenters. The molecular weight excluding hydrogens is 436 g/mol. The molecule has 9 nitrogen and oxygen atoms in total. The van der Waals surface area contributed by atoms with Crippen molar-refractivity contribution in [3.05, 3.63) is 71.4 Å². The molecule has 0 saturated carbocycles. The van der Waals surface area contributed by atoms with Crippen molar-refractivity contribution in [1.82, 2.24) is 15.6 Å². The van der Waals surface area contributed by atoms with Gasteiger partial charge in [0, 0.05) is 28.6 Å². The second-order valence-corrected chi connectivity index (χ2v) is 8.74. The lowest BCUT2D eigenvalue weighted by molar-refractivity contribution is -0.121. The highest BCUT2D eigenvalue weighted by molar-refractivity contribution is 6.22. The van der Waals surface area contributed by atoms with E-state index in [0.717, 1.165) is 22.2 Å². The lowest BCUT2D eigenvalue weighted by Crippen LogP contribution is -2.51. The highest BCUT2D eigenvalue weighted by Crippen LogP contribution is 2.38. The Labute approximate surface area is 195 Å². The monoisotopic (exact) mass is 460 g/mol. The molecule has 34 heavy (non-hydrogen) atoms. The summed E-state index contributed by atoms with van der Waals surface area (Å²) in [5.41, 5.74) is 1.45. The molecule has 0 radical (unpaired) electrons. The summed E-state index contributed by atoms with van der Waals surface area (Å²) in [5.74, 6) is 0.153. The molecule has 5 rings (SSSR count). The molecule has 0 bridgehead atoms. The second-order valence-electron chi connectivity index (χ2n) is 8.74. The largest absolute Gasteiger partial charge is 0.489 e. The summed E-state index contributed by atoms with van der Waals surface area (Å²) in [6.07, 6.45) is 0.149. The maximum Gasteiger partial charge on any atom is 0.322 e. The van der Waals surface area contributed by atoms with E-state index in [2.05, 4.69) is 20.8 Å². The van der Waals surface area contributed by atoms with E-state index in [4.69, 9.17) is 9.57 Å². The van der Waals surface area contributed by atoms with Gasteiger partial charge in [-0.15, -0.1) is 0 Å². The lowest BCUT2D eigenvalue weighted by Gasteiger charge is -2.26. The number of aliphatic hydroxyl groups excluding tert-OH is 1. The summed E-state index contributed by atoms with van der Waals surface area (Å²) in [6.45, 7) is 3.54. The predicted octanol–water partition coefficient (Wildman–Crippen LogP) is 2.68. The fourth-order valence-electron chi connectivity index (χ4n) is 4.35. The van der Waals surface area contributed by atoms with Crippen LogP contribution in [-0.2, 0) is 21.8 Å². The number of carbonyl (C=O) groups is 2. The van der Waals surface area contributed by atoms with Gasteiger partial charge in [-0.05, 0) is 38.1 Å². The van der Waals surface area contributed by atoms with E-state index in [0.29, 0.717) is 23.6 Å². The number of carbonyl (C=O) groups excluding carboxylic acids is 2. The molecule has 3 aromatic rings. The predicted molar refractivity (Wildman–Crippen MR) is 124 cm³/mol. The van der Waals surface area contributed by atoms with Gasteiger partial charge >= 0.3 is 6.03 Å². The van der Waals surface area contributed by atoms with E-state index in [-0.39, 0.29) is 13.0 Å². The summed E-state index contributed by atoms with van der Waals surface area (Å²) in [7, 11) is 0.